The number of allylic oxidation sites excluding steroid dienone is 2. The molecule has 0 fully saturated rings. The van der Waals surface area contributed by atoms with Crippen LogP contribution in [0.15, 0.2) is 23.3 Å². The van der Waals surface area contributed by atoms with E-state index in [9.17, 15) is 18.0 Å². The molecule has 140 valence electrons. The number of rotatable bonds is 5. The van der Waals surface area contributed by atoms with Gasteiger partial charge in [-0.25, -0.2) is 9.59 Å². The zero-order valence-corrected chi connectivity index (χ0v) is 15.7. The molecule has 1 N–H and O–H groups in total. The fraction of sp³-hybridized carbons (Fsp3) is 0.562. The lowest BCUT2D eigenvalue weighted by Crippen LogP contribution is -2.38. The summed E-state index contributed by atoms with van der Waals surface area (Å²) in [6.45, 7) is 6.87. The lowest BCUT2D eigenvalue weighted by Gasteiger charge is -2.23. The first-order valence-corrected chi connectivity index (χ1v) is 8.66. The van der Waals surface area contributed by atoms with Gasteiger partial charge in [0.1, 0.15) is 16.6 Å². The Morgan fingerprint density at radius 1 is 1.24 bits per heavy atom. The number of esters is 1. The summed E-state index contributed by atoms with van der Waals surface area (Å²) in [6, 6.07) is 0. The summed E-state index contributed by atoms with van der Waals surface area (Å²) < 4.78 is 38.3. The first-order valence-electron chi connectivity index (χ1n) is 7.58. The van der Waals surface area contributed by atoms with Gasteiger partial charge in [-0.3, -0.25) is 0 Å². The third-order valence-corrected chi connectivity index (χ3v) is 3.97. The van der Waals surface area contributed by atoms with Gasteiger partial charge in [-0.15, -0.1) is 0 Å². The SMILES string of the molecule is COC(=O)C1=CC=C(C)C(=S(=O)=O)C1OCCNC(=O)OC(C)(C)C. The van der Waals surface area contributed by atoms with Crippen molar-refractivity contribution < 1.29 is 32.2 Å². The van der Waals surface area contributed by atoms with Gasteiger partial charge in [0.2, 0.25) is 10.3 Å². The summed E-state index contributed by atoms with van der Waals surface area (Å²) in [4.78, 5) is 23.4. The standard InChI is InChI=1S/C16H23NO7S/c1-10-6-7-11(14(18)22-5)12(13(10)25(20)21)23-9-8-17-15(19)24-16(2,3)4/h6-7,12H,8-9H2,1-5H3,(H,17,19). The number of amides is 1. The molecule has 0 saturated carbocycles. The summed E-state index contributed by atoms with van der Waals surface area (Å²) >= 11 is 0. The van der Waals surface area contributed by atoms with Crippen LogP contribution < -0.4 is 5.32 Å². The molecule has 0 saturated heterocycles. The average molecular weight is 373 g/mol. The Hall–Kier alpha value is -2.13. The molecular formula is C16H23NO7S. The van der Waals surface area contributed by atoms with Crippen molar-refractivity contribution in [2.24, 2.45) is 0 Å². The highest BCUT2D eigenvalue weighted by Crippen LogP contribution is 2.20. The predicted octanol–water partition coefficient (Wildman–Crippen LogP) is 1.01. The number of carbonyl (C=O) groups is 2. The molecule has 0 aliphatic heterocycles. The van der Waals surface area contributed by atoms with Crippen LogP contribution in [0.2, 0.25) is 0 Å². The van der Waals surface area contributed by atoms with Gasteiger partial charge in [0.15, 0.2) is 0 Å². The summed E-state index contributed by atoms with van der Waals surface area (Å²) in [6.07, 6.45) is 1.27. The molecule has 1 unspecified atom stereocenters. The minimum Gasteiger partial charge on any atom is -0.466 e. The van der Waals surface area contributed by atoms with E-state index in [0.717, 1.165) is 0 Å². The lowest BCUT2D eigenvalue weighted by molar-refractivity contribution is -0.137. The molecule has 1 atom stereocenters. The predicted molar refractivity (Wildman–Crippen MR) is 91.8 cm³/mol. The van der Waals surface area contributed by atoms with E-state index in [1.165, 1.54) is 19.3 Å². The summed E-state index contributed by atoms with van der Waals surface area (Å²) in [7, 11) is -1.37. The molecule has 1 rings (SSSR count). The van der Waals surface area contributed by atoms with Crippen molar-refractivity contribution >= 4 is 27.2 Å². The van der Waals surface area contributed by atoms with Crippen LogP contribution in [0, 0.1) is 0 Å². The number of ether oxygens (including phenoxy) is 3. The van der Waals surface area contributed by atoms with E-state index in [-0.39, 0.29) is 23.6 Å². The third kappa shape index (κ3) is 6.35. The van der Waals surface area contributed by atoms with E-state index < -0.39 is 34.1 Å². The number of hydrogen-bond donors (Lipinski definition) is 1. The summed E-state index contributed by atoms with van der Waals surface area (Å²) in [5.41, 5.74) is -0.0899. The second kappa shape index (κ2) is 8.82. The van der Waals surface area contributed by atoms with Gasteiger partial charge in [0.25, 0.3) is 0 Å². The highest BCUT2D eigenvalue weighted by atomic mass is 32.2. The monoisotopic (exact) mass is 373 g/mol. The first-order chi connectivity index (χ1) is 11.6. The zero-order chi connectivity index (χ0) is 19.2. The number of methoxy groups -OCH3 is 1. The lowest BCUT2D eigenvalue weighted by atomic mass is 9.96. The zero-order valence-electron chi connectivity index (χ0n) is 14.9. The van der Waals surface area contributed by atoms with E-state index in [4.69, 9.17) is 9.47 Å². The quantitative estimate of drug-likeness (QED) is 0.435. The van der Waals surface area contributed by atoms with Crippen LogP contribution in [0.5, 0.6) is 0 Å². The van der Waals surface area contributed by atoms with Crippen LogP contribution in [0.3, 0.4) is 0 Å². The Balaban J connectivity index is 2.78. The number of nitrogens with one attached hydrogen (secondary N) is 1. The second-order valence-corrected chi connectivity index (χ2v) is 7.15. The van der Waals surface area contributed by atoms with E-state index in [1.807, 2.05) is 0 Å². The van der Waals surface area contributed by atoms with Gasteiger partial charge in [-0.2, -0.15) is 8.42 Å². The van der Waals surface area contributed by atoms with Crippen LogP contribution in [0.4, 0.5) is 4.79 Å². The summed E-state index contributed by atoms with van der Waals surface area (Å²) in [5, 5.41) is 2.49. The van der Waals surface area contributed by atoms with Gasteiger partial charge >= 0.3 is 12.1 Å². The minimum absolute atomic E-state index is 0.0216. The molecule has 1 aliphatic carbocycles. The van der Waals surface area contributed by atoms with Gasteiger partial charge in [0.05, 0.1) is 19.3 Å². The average Bonchev–Trinajstić information content (AvgIpc) is 2.48. The van der Waals surface area contributed by atoms with E-state index >= 15 is 0 Å². The van der Waals surface area contributed by atoms with Gasteiger partial charge in [-0.1, -0.05) is 6.08 Å². The fourth-order valence-corrected chi connectivity index (χ4v) is 2.75. The van der Waals surface area contributed by atoms with Crippen molar-refractivity contribution in [2.75, 3.05) is 20.3 Å². The second-order valence-electron chi connectivity index (χ2n) is 6.24. The Labute approximate surface area is 148 Å². The van der Waals surface area contributed by atoms with E-state index in [0.29, 0.717) is 5.57 Å². The van der Waals surface area contributed by atoms with Crippen LogP contribution in [0.25, 0.3) is 0 Å². The molecule has 0 aromatic carbocycles. The fourth-order valence-electron chi connectivity index (χ4n) is 2.05. The number of alkyl carbamates (subject to hydrolysis) is 1. The first kappa shape index (κ1) is 20.9. The third-order valence-electron chi connectivity index (χ3n) is 3.08. The van der Waals surface area contributed by atoms with Crippen LogP contribution in [-0.4, -0.2) is 57.3 Å². The van der Waals surface area contributed by atoms with Crippen molar-refractivity contribution in [3.8, 4) is 0 Å². The van der Waals surface area contributed by atoms with Gasteiger partial charge in [-0.05, 0) is 39.3 Å². The van der Waals surface area contributed by atoms with Crippen molar-refractivity contribution in [3.05, 3.63) is 23.3 Å². The van der Waals surface area contributed by atoms with E-state index in [1.54, 1.807) is 27.7 Å². The highest BCUT2D eigenvalue weighted by molar-refractivity contribution is 7.73. The molecule has 0 aromatic rings. The van der Waals surface area contributed by atoms with Crippen molar-refractivity contribution in [1.82, 2.24) is 5.32 Å². The Kier molecular flexibility index (Phi) is 7.38. The van der Waals surface area contributed by atoms with Gasteiger partial charge < -0.3 is 19.5 Å². The minimum atomic E-state index is -2.57. The Morgan fingerprint density at radius 3 is 2.40 bits per heavy atom. The Morgan fingerprint density at radius 2 is 1.88 bits per heavy atom. The largest absolute Gasteiger partial charge is 0.466 e. The maximum Gasteiger partial charge on any atom is 0.407 e. The normalized spacial score (nSPS) is 17.3. The van der Waals surface area contributed by atoms with Crippen molar-refractivity contribution in [2.45, 2.75) is 39.4 Å². The highest BCUT2D eigenvalue weighted by Gasteiger charge is 2.31. The van der Waals surface area contributed by atoms with Crippen LogP contribution in [0.1, 0.15) is 27.7 Å². The smallest absolute Gasteiger partial charge is 0.407 e. The molecule has 0 spiro atoms. The molecule has 9 heteroatoms. The van der Waals surface area contributed by atoms with Crippen LogP contribution >= 0.6 is 0 Å². The Bertz CT molecular complexity index is 718. The molecule has 1 amide bonds. The topological polar surface area (TPSA) is 108 Å². The van der Waals surface area contributed by atoms with Gasteiger partial charge in [0, 0.05) is 6.54 Å². The molecule has 0 heterocycles. The van der Waals surface area contributed by atoms with Crippen molar-refractivity contribution in [3.63, 3.8) is 0 Å². The summed E-state index contributed by atoms with van der Waals surface area (Å²) in [5.74, 6) is -0.684. The molecule has 25 heavy (non-hydrogen) atoms. The van der Waals surface area contributed by atoms with Crippen molar-refractivity contribution in [1.29, 1.82) is 0 Å². The maximum atomic E-state index is 11.8. The van der Waals surface area contributed by atoms with E-state index in [2.05, 4.69) is 10.1 Å². The molecule has 0 bridgehead atoms. The maximum absolute atomic E-state index is 11.8. The molecule has 0 aromatic heterocycles. The molecule has 0 radical (unpaired) electrons. The molecule has 8 nitrogen and oxygen atoms in total. The molecule has 1 aliphatic rings. The van der Waals surface area contributed by atoms with Crippen LogP contribution in [-0.2, 0) is 29.3 Å². The number of hydrogen-bond acceptors (Lipinski definition) is 7. The molecular weight excluding hydrogens is 350 g/mol. The number of carbonyl (C=O) groups excluding carboxylic acids is 2.